The van der Waals surface area contributed by atoms with Crippen molar-refractivity contribution in [1.82, 2.24) is 0 Å². The number of hydrogen-bond donors (Lipinski definition) is 1. The van der Waals surface area contributed by atoms with Gasteiger partial charge in [-0.1, -0.05) is 42.0 Å². The first-order valence-corrected chi connectivity index (χ1v) is 7.79. The molecule has 0 aliphatic rings. The lowest BCUT2D eigenvalue weighted by molar-refractivity contribution is 0.601. The molecule has 104 valence electrons. The summed E-state index contributed by atoms with van der Waals surface area (Å²) in [6, 6.07) is 14.1. The SMILES string of the molecule is C=CCc1ccccc1NS(=O)(=O)c1ccc(C)cc1. The van der Waals surface area contributed by atoms with Crippen molar-refractivity contribution in [2.24, 2.45) is 0 Å². The Balaban J connectivity index is 2.33. The third kappa shape index (κ3) is 3.27. The molecule has 20 heavy (non-hydrogen) atoms. The Kier molecular flexibility index (Phi) is 4.25. The van der Waals surface area contributed by atoms with Gasteiger partial charge in [0.2, 0.25) is 0 Å². The first-order valence-electron chi connectivity index (χ1n) is 6.31. The van der Waals surface area contributed by atoms with Gasteiger partial charge in [-0.25, -0.2) is 8.42 Å². The van der Waals surface area contributed by atoms with Crippen LogP contribution in [0.2, 0.25) is 0 Å². The summed E-state index contributed by atoms with van der Waals surface area (Å²) in [6.07, 6.45) is 2.37. The van der Waals surface area contributed by atoms with Crippen molar-refractivity contribution < 1.29 is 8.42 Å². The minimum Gasteiger partial charge on any atom is -0.279 e. The van der Waals surface area contributed by atoms with Crippen molar-refractivity contribution >= 4 is 15.7 Å². The zero-order valence-electron chi connectivity index (χ0n) is 11.3. The van der Waals surface area contributed by atoms with Crippen LogP contribution in [-0.2, 0) is 16.4 Å². The molecular weight excluding hydrogens is 270 g/mol. The van der Waals surface area contributed by atoms with Gasteiger partial charge in [0.1, 0.15) is 0 Å². The molecule has 0 fully saturated rings. The maximum atomic E-state index is 12.3. The quantitative estimate of drug-likeness (QED) is 0.855. The molecule has 4 heteroatoms. The number of para-hydroxylation sites is 1. The Morgan fingerprint density at radius 1 is 1.10 bits per heavy atom. The molecule has 0 radical (unpaired) electrons. The molecule has 2 aromatic carbocycles. The summed E-state index contributed by atoms with van der Waals surface area (Å²) in [6.45, 7) is 5.60. The monoisotopic (exact) mass is 287 g/mol. The highest BCUT2D eigenvalue weighted by molar-refractivity contribution is 7.92. The molecule has 0 saturated heterocycles. The fourth-order valence-corrected chi connectivity index (χ4v) is 2.98. The van der Waals surface area contributed by atoms with Gasteiger partial charge in [0, 0.05) is 0 Å². The minimum absolute atomic E-state index is 0.261. The van der Waals surface area contributed by atoms with Crippen LogP contribution < -0.4 is 4.72 Å². The summed E-state index contributed by atoms with van der Waals surface area (Å²) in [7, 11) is -3.56. The van der Waals surface area contributed by atoms with Crippen molar-refractivity contribution in [3.8, 4) is 0 Å². The lowest BCUT2D eigenvalue weighted by Gasteiger charge is -2.11. The highest BCUT2D eigenvalue weighted by Gasteiger charge is 2.15. The molecule has 0 unspecified atom stereocenters. The highest BCUT2D eigenvalue weighted by atomic mass is 32.2. The van der Waals surface area contributed by atoms with E-state index in [0.717, 1.165) is 11.1 Å². The summed E-state index contributed by atoms with van der Waals surface area (Å²) < 4.78 is 27.3. The second-order valence-corrected chi connectivity index (χ2v) is 6.25. The summed E-state index contributed by atoms with van der Waals surface area (Å²) in [5, 5.41) is 0. The third-order valence-electron chi connectivity index (χ3n) is 2.96. The number of nitrogens with one attached hydrogen (secondary N) is 1. The normalized spacial score (nSPS) is 11.1. The second kappa shape index (κ2) is 5.92. The van der Waals surface area contributed by atoms with Crippen molar-refractivity contribution in [2.75, 3.05) is 4.72 Å². The van der Waals surface area contributed by atoms with Gasteiger partial charge >= 0.3 is 0 Å². The molecular formula is C16H17NO2S. The molecule has 2 aromatic rings. The molecule has 1 N–H and O–H groups in total. The largest absolute Gasteiger partial charge is 0.279 e. The lowest BCUT2D eigenvalue weighted by atomic mass is 10.1. The average Bonchev–Trinajstić information content (AvgIpc) is 2.41. The average molecular weight is 287 g/mol. The summed E-state index contributed by atoms with van der Waals surface area (Å²) in [5.74, 6) is 0. The Labute approximate surface area is 120 Å². The van der Waals surface area contributed by atoms with Gasteiger partial charge in [0.05, 0.1) is 10.6 Å². The van der Waals surface area contributed by atoms with Crippen LogP contribution in [0.3, 0.4) is 0 Å². The standard InChI is InChI=1S/C16H17NO2S/c1-3-6-14-7-4-5-8-16(14)17-20(18,19)15-11-9-13(2)10-12-15/h3-5,7-12,17H,1,6H2,2H3. The molecule has 0 aromatic heterocycles. The van der Waals surface area contributed by atoms with Crippen LogP contribution in [0, 0.1) is 6.92 Å². The molecule has 0 atom stereocenters. The summed E-state index contributed by atoms with van der Waals surface area (Å²) in [5.41, 5.74) is 2.52. The van der Waals surface area contributed by atoms with E-state index in [2.05, 4.69) is 11.3 Å². The van der Waals surface area contributed by atoms with Crippen LogP contribution in [0.15, 0.2) is 66.1 Å². The maximum Gasteiger partial charge on any atom is 0.261 e. The van der Waals surface area contributed by atoms with Crippen LogP contribution in [0.4, 0.5) is 5.69 Å². The maximum absolute atomic E-state index is 12.3. The molecule has 0 spiro atoms. The van der Waals surface area contributed by atoms with Gasteiger partial charge in [0.25, 0.3) is 10.0 Å². The van der Waals surface area contributed by atoms with E-state index < -0.39 is 10.0 Å². The zero-order chi connectivity index (χ0) is 14.6. The Morgan fingerprint density at radius 3 is 2.40 bits per heavy atom. The molecule has 0 aliphatic carbocycles. The van der Waals surface area contributed by atoms with E-state index in [-0.39, 0.29) is 4.90 Å². The van der Waals surface area contributed by atoms with Gasteiger partial charge in [-0.2, -0.15) is 0 Å². The van der Waals surface area contributed by atoms with E-state index in [1.165, 1.54) is 0 Å². The van der Waals surface area contributed by atoms with Gasteiger partial charge in [0.15, 0.2) is 0 Å². The smallest absolute Gasteiger partial charge is 0.261 e. The van der Waals surface area contributed by atoms with Crippen molar-refractivity contribution in [1.29, 1.82) is 0 Å². The predicted molar refractivity (Wildman–Crippen MR) is 82.3 cm³/mol. The molecule has 0 amide bonds. The van der Waals surface area contributed by atoms with Crippen molar-refractivity contribution in [3.63, 3.8) is 0 Å². The molecule has 2 rings (SSSR count). The molecule has 0 saturated carbocycles. The number of aryl methyl sites for hydroxylation is 1. The number of hydrogen-bond acceptors (Lipinski definition) is 2. The Bertz CT molecular complexity index is 704. The number of allylic oxidation sites excluding steroid dienone is 1. The Morgan fingerprint density at radius 2 is 1.75 bits per heavy atom. The van der Waals surface area contributed by atoms with E-state index in [1.54, 1.807) is 42.5 Å². The van der Waals surface area contributed by atoms with Crippen LogP contribution in [0.1, 0.15) is 11.1 Å². The first-order chi connectivity index (χ1) is 9.53. The van der Waals surface area contributed by atoms with Crippen LogP contribution in [-0.4, -0.2) is 8.42 Å². The van der Waals surface area contributed by atoms with E-state index in [4.69, 9.17) is 0 Å². The lowest BCUT2D eigenvalue weighted by Crippen LogP contribution is -2.14. The molecule has 0 aliphatic heterocycles. The summed E-state index contributed by atoms with van der Waals surface area (Å²) >= 11 is 0. The Hall–Kier alpha value is -2.07. The van der Waals surface area contributed by atoms with Crippen molar-refractivity contribution in [2.45, 2.75) is 18.2 Å². The van der Waals surface area contributed by atoms with Gasteiger partial charge in [-0.3, -0.25) is 4.72 Å². The third-order valence-corrected chi connectivity index (χ3v) is 4.34. The minimum atomic E-state index is -3.56. The molecule has 0 bridgehead atoms. The molecule has 0 heterocycles. The topological polar surface area (TPSA) is 46.2 Å². The summed E-state index contributed by atoms with van der Waals surface area (Å²) in [4.78, 5) is 0.261. The fourth-order valence-electron chi connectivity index (χ4n) is 1.87. The fraction of sp³-hybridized carbons (Fsp3) is 0.125. The van der Waals surface area contributed by atoms with Gasteiger partial charge in [-0.15, -0.1) is 6.58 Å². The number of benzene rings is 2. The van der Waals surface area contributed by atoms with Crippen LogP contribution in [0.5, 0.6) is 0 Å². The van der Waals surface area contributed by atoms with E-state index >= 15 is 0 Å². The second-order valence-electron chi connectivity index (χ2n) is 4.57. The van der Waals surface area contributed by atoms with Crippen LogP contribution in [0.25, 0.3) is 0 Å². The van der Waals surface area contributed by atoms with Crippen LogP contribution >= 0.6 is 0 Å². The van der Waals surface area contributed by atoms with E-state index in [0.29, 0.717) is 12.1 Å². The van der Waals surface area contributed by atoms with E-state index in [1.807, 2.05) is 19.1 Å². The van der Waals surface area contributed by atoms with E-state index in [9.17, 15) is 8.42 Å². The predicted octanol–water partition coefficient (Wildman–Crippen LogP) is 3.52. The number of anilines is 1. The van der Waals surface area contributed by atoms with Gasteiger partial charge in [-0.05, 0) is 37.1 Å². The zero-order valence-corrected chi connectivity index (χ0v) is 12.2. The van der Waals surface area contributed by atoms with Crippen molar-refractivity contribution in [3.05, 3.63) is 72.3 Å². The number of rotatable bonds is 5. The molecule has 3 nitrogen and oxygen atoms in total. The van der Waals surface area contributed by atoms with Gasteiger partial charge < -0.3 is 0 Å². The highest BCUT2D eigenvalue weighted by Crippen LogP contribution is 2.21. The first kappa shape index (κ1) is 14.3. The number of sulfonamides is 1.